The summed E-state index contributed by atoms with van der Waals surface area (Å²) in [5, 5.41) is 12.1. The molecule has 0 bridgehead atoms. The van der Waals surface area contributed by atoms with E-state index < -0.39 is 30.1 Å². The lowest BCUT2D eigenvalue weighted by Crippen LogP contribution is -2.57. The number of amides is 2. The molecule has 1 fully saturated rings. The molecule has 2 aliphatic rings. The van der Waals surface area contributed by atoms with E-state index in [-0.39, 0.29) is 30.9 Å². The molecule has 2 amide bonds. The average molecular weight is 481 g/mol. The van der Waals surface area contributed by atoms with Gasteiger partial charge in [-0.2, -0.15) is 0 Å². The van der Waals surface area contributed by atoms with Crippen LogP contribution in [0.3, 0.4) is 0 Å². The van der Waals surface area contributed by atoms with Gasteiger partial charge >= 0.3 is 12.1 Å². The number of nitrogens with one attached hydrogen (secondary N) is 1. The van der Waals surface area contributed by atoms with Crippen LogP contribution in [0.2, 0.25) is 0 Å². The van der Waals surface area contributed by atoms with Crippen molar-refractivity contribution >= 4 is 18.0 Å². The Hall–Kier alpha value is -3.39. The molecule has 35 heavy (non-hydrogen) atoms. The average Bonchev–Trinajstić information content (AvgIpc) is 3.18. The normalized spacial score (nSPS) is 20.9. The van der Waals surface area contributed by atoms with Crippen LogP contribution in [0.1, 0.15) is 37.3 Å². The number of carbonyl (C=O) groups excluding carboxylic acids is 2. The number of nitrogens with zero attached hydrogens (tertiary/aromatic N) is 1. The van der Waals surface area contributed by atoms with Crippen LogP contribution in [0.25, 0.3) is 11.1 Å². The van der Waals surface area contributed by atoms with Crippen LogP contribution in [0.5, 0.6) is 0 Å². The highest BCUT2D eigenvalue weighted by molar-refractivity contribution is 5.87. The van der Waals surface area contributed by atoms with Crippen LogP contribution in [0.4, 0.5) is 4.79 Å². The van der Waals surface area contributed by atoms with Crippen LogP contribution < -0.4 is 5.32 Å². The molecule has 8 nitrogen and oxygen atoms in total. The Labute approximate surface area is 205 Å². The number of alkyl carbamates (subject to hydrolysis) is 1. The Morgan fingerprint density at radius 3 is 2.23 bits per heavy atom. The topological polar surface area (TPSA) is 105 Å². The number of hydrogen-bond acceptors (Lipinski definition) is 5. The standard InChI is InChI=1S/C27H32N2O6/c1-16-12-18(26(31)32)14-29(13-16)25(30)24(17(2)34-3)28-27(33)35-15-23-21-10-6-4-8-19(21)20-9-5-7-11-22(20)23/h4-11,16-18,23-24H,12-15H2,1-3H3,(H,28,33)(H,31,32). The fourth-order valence-electron chi connectivity index (χ4n) is 5.19. The van der Waals surface area contributed by atoms with Gasteiger partial charge in [-0.15, -0.1) is 0 Å². The third-order valence-electron chi connectivity index (χ3n) is 7.04. The Balaban J connectivity index is 1.44. The van der Waals surface area contributed by atoms with Gasteiger partial charge < -0.3 is 24.8 Å². The fraction of sp³-hybridized carbons (Fsp3) is 0.444. The number of fused-ring (bicyclic) bond motifs is 3. The second kappa shape index (κ2) is 10.5. The minimum Gasteiger partial charge on any atom is -0.481 e. The molecule has 186 valence electrons. The van der Waals surface area contributed by atoms with Crippen molar-refractivity contribution in [2.75, 3.05) is 26.8 Å². The third kappa shape index (κ3) is 5.17. The zero-order valence-electron chi connectivity index (χ0n) is 20.3. The molecule has 0 saturated carbocycles. The summed E-state index contributed by atoms with van der Waals surface area (Å²) in [5.41, 5.74) is 4.46. The van der Waals surface area contributed by atoms with E-state index >= 15 is 0 Å². The van der Waals surface area contributed by atoms with Gasteiger partial charge in [-0.3, -0.25) is 9.59 Å². The number of carboxylic acid groups (broad SMARTS) is 1. The van der Waals surface area contributed by atoms with Gasteiger partial charge in [0.15, 0.2) is 0 Å². The van der Waals surface area contributed by atoms with E-state index in [0.29, 0.717) is 13.0 Å². The Kier molecular flexibility index (Phi) is 7.40. The molecule has 0 spiro atoms. The largest absolute Gasteiger partial charge is 0.481 e. The second-order valence-electron chi connectivity index (χ2n) is 9.51. The van der Waals surface area contributed by atoms with Gasteiger partial charge in [0, 0.05) is 26.1 Å². The number of rotatable bonds is 7. The molecule has 2 aromatic carbocycles. The monoisotopic (exact) mass is 480 g/mol. The highest BCUT2D eigenvalue weighted by Crippen LogP contribution is 2.44. The molecular formula is C27H32N2O6. The van der Waals surface area contributed by atoms with Crippen molar-refractivity contribution in [1.82, 2.24) is 10.2 Å². The molecule has 8 heteroatoms. The Bertz CT molecular complexity index is 1060. The van der Waals surface area contributed by atoms with E-state index in [0.717, 1.165) is 22.3 Å². The van der Waals surface area contributed by atoms with Gasteiger partial charge in [0.2, 0.25) is 5.91 Å². The summed E-state index contributed by atoms with van der Waals surface area (Å²) >= 11 is 0. The zero-order valence-corrected chi connectivity index (χ0v) is 20.3. The summed E-state index contributed by atoms with van der Waals surface area (Å²) in [5.74, 6) is -1.97. The molecule has 1 heterocycles. The predicted molar refractivity (Wildman–Crippen MR) is 130 cm³/mol. The zero-order chi connectivity index (χ0) is 25.1. The first-order chi connectivity index (χ1) is 16.8. The first-order valence-electron chi connectivity index (χ1n) is 12.0. The SMILES string of the molecule is COC(C)C(NC(=O)OCC1c2ccccc2-c2ccccc21)C(=O)N1CC(C)CC(C(=O)O)C1. The molecule has 1 saturated heterocycles. The van der Waals surface area contributed by atoms with Gasteiger partial charge in [0.25, 0.3) is 0 Å². The van der Waals surface area contributed by atoms with Crippen molar-refractivity contribution in [1.29, 1.82) is 0 Å². The van der Waals surface area contributed by atoms with Crippen molar-refractivity contribution in [2.24, 2.45) is 11.8 Å². The van der Waals surface area contributed by atoms with Crippen LogP contribution in [-0.4, -0.2) is 66.9 Å². The van der Waals surface area contributed by atoms with Crippen LogP contribution in [0.15, 0.2) is 48.5 Å². The molecule has 0 aromatic heterocycles. The summed E-state index contributed by atoms with van der Waals surface area (Å²) in [4.78, 5) is 39.2. The van der Waals surface area contributed by atoms with Gasteiger partial charge in [0.05, 0.1) is 12.0 Å². The molecule has 4 atom stereocenters. The molecule has 0 radical (unpaired) electrons. The van der Waals surface area contributed by atoms with Crippen LogP contribution >= 0.6 is 0 Å². The first kappa shape index (κ1) is 24.7. The number of benzene rings is 2. The molecule has 2 N–H and O–H groups in total. The van der Waals surface area contributed by atoms with Gasteiger partial charge in [-0.1, -0.05) is 55.5 Å². The summed E-state index contributed by atoms with van der Waals surface area (Å²) in [6, 6.07) is 15.1. The number of ether oxygens (including phenoxy) is 2. The van der Waals surface area contributed by atoms with E-state index in [2.05, 4.69) is 17.4 Å². The quantitative estimate of drug-likeness (QED) is 0.629. The Morgan fingerprint density at radius 1 is 1.06 bits per heavy atom. The van der Waals surface area contributed by atoms with Crippen molar-refractivity contribution in [3.8, 4) is 11.1 Å². The van der Waals surface area contributed by atoms with Crippen molar-refractivity contribution in [3.05, 3.63) is 59.7 Å². The number of methoxy groups -OCH3 is 1. The molecular weight excluding hydrogens is 448 g/mol. The lowest BCUT2D eigenvalue weighted by atomic mass is 9.90. The summed E-state index contributed by atoms with van der Waals surface area (Å²) < 4.78 is 11.0. The van der Waals surface area contributed by atoms with E-state index in [9.17, 15) is 19.5 Å². The maximum Gasteiger partial charge on any atom is 0.407 e. The van der Waals surface area contributed by atoms with E-state index in [1.54, 1.807) is 6.92 Å². The number of hydrogen-bond donors (Lipinski definition) is 2. The lowest BCUT2D eigenvalue weighted by molar-refractivity contribution is -0.148. The van der Waals surface area contributed by atoms with Crippen LogP contribution in [0, 0.1) is 11.8 Å². The second-order valence-corrected chi connectivity index (χ2v) is 9.51. The smallest absolute Gasteiger partial charge is 0.407 e. The number of piperidine rings is 1. The van der Waals surface area contributed by atoms with Gasteiger partial charge in [0.1, 0.15) is 12.6 Å². The third-order valence-corrected chi connectivity index (χ3v) is 7.04. The van der Waals surface area contributed by atoms with Gasteiger partial charge in [-0.05, 0) is 41.5 Å². The van der Waals surface area contributed by atoms with Crippen molar-refractivity contribution in [3.63, 3.8) is 0 Å². The molecule has 4 rings (SSSR count). The maximum atomic E-state index is 13.3. The summed E-state index contributed by atoms with van der Waals surface area (Å²) in [7, 11) is 1.46. The van der Waals surface area contributed by atoms with E-state index in [4.69, 9.17) is 9.47 Å². The molecule has 2 aromatic rings. The minimum absolute atomic E-state index is 0.0433. The van der Waals surface area contributed by atoms with Crippen LogP contribution in [-0.2, 0) is 19.1 Å². The highest BCUT2D eigenvalue weighted by atomic mass is 16.5. The predicted octanol–water partition coefficient (Wildman–Crippen LogP) is 3.50. The summed E-state index contributed by atoms with van der Waals surface area (Å²) in [6.07, 6.45) is -0.818. The maximum absolute atomic E-state index is 13.3. The number of carbonyl (C=O) groups is 3. The fourth-order valence-corrected chi connectivity index (χ4v) is 5.19. The summed E-state index contributed by atoms with van der Waals surface area (Å²) in [6.45, 7) is 4.28. The minimum atomic E-state index is -0.990. The van der Waals surface area contributed by atoms with Gasteiger partial charge in [-0.25, -0.2) is 4.79 Å². The lowest BCUT2D eigenvalue weighted by Gasteiger charge is -2.37. The highest BCUT2D eigenvalue weighted by Gasteiger charge is 2.38. The van der Waals surface area contributed by atoms with Crippen molar-refractivity contribution < 1.29 is 29.0 Å². The number of likely N-dealkylation sites (tertiary alicyclic amines) is 1. The molecule has 1 aliphatic heterocycles. The first-order valence-corrected chi connectivity index (χ1v) is 12.0. The van der Waals surface area contributed by atoms with E-state index in [1.807, 2.05) is 43.3 Å². The molecule has 1 aliphatic carbocycles. The Morgan fingerprint density at radius 2 is 1.66 bits per heavy atom. The van der Waals surface area contributed by atoms with E-state index in [1.165, 1.54) is 12.0 Å². The number of carboxylic acids is 1. The molecule has 4 unspecified atom stereocenters. The number of aliphatic carboxylic acids is 1. The van der Waals surface area contributed by atoms with Crippen molar-refractivity contribution in [2.45, 2.75) is 38.3 Å².